The smallest absolute Gasteiger partial charge is 0.132 e. The minimum absolute atomic E-state index is 0.267. The number of benzene rings is 1. The number of anilines is 2. The average Bonchev–Trinajstić information content (AvgIpc) is 2.56. The molecule has 1 fully saturated rings. The van der Waals surface area contributed by atoms with Gasteiger partial charge < -0.3 is 10.2 Å². The molecule has 24 heavy (non-hydrogen) atoms. The zero-order chi connectivity index (χ0) is 17.1. The highest BCUT2D eigenvalue weighted by molar-refractivity contribution is 5.58. The number of halogens is 1. The Morgan fingerprint density at radius 3 is 2.62 bits per heavy atom. The Bertz CT molecular complexity index is 755. The maximum absolute atomic E-state index is 13.2. The average molecular weight is 325 g/mol. The highest BCUT2D eigenvalue weighted by Gasteiger charge is 2.21. The number of hydrogen-bond donors (Lipinski definition) is 1. The Hall–Kier alpha value is -2.68. The number of nitriles is 1. The second-order valence-corrected chi connectivity index (χ2v) is 6.12. The molecule has 0 radical (unpaired) electrons. The first-order valence-corrected chi connectivity index (χ1v) is 8.08. The van der Waals surface area contributed by atoms with E-state index in [-0.39, 0.29) is 11.9 Å². The van der Waals surface area contributed by atoms with Crippen molar-refractivity contribution in [1.82, 2.24) is 9.97 Å². The molecule has 2 heterocycles. The molecule has 2 aromatic rings. The predicted octanol–water partition coefficient (Wildman–Crippen LogP) is 3.19. The van der Waals surface area contributed by atoms with Crippen LogP contribution < -0.4 is 10.2 Å². The lowest BCUT2D eigenvalue weighted by molar-refractivity contribution is 0.522. The van der Waals surface area contributed by atoms with Crippen LogP contribution in [0, 0.1) is 31.0 Å². The highest BCUT2D eigenvalue weighted by Crippen LogP contribution is 2.23. The lowest BCUT2D eigenvalue weighted by Crippen LogP contribution is -2.39. The molecule has 0 saturated carbocycles. The third-order valence-corrected chi connectivity index (χ3v) is 4.23. The van der Waals surface area contributed by atoms with Crippen LogP contribution in [0.4, 0.5) is 15.9 Å². The van der Waals surface area contributed by atoms with Gasteiger partial charge in [0.15, 0.2) is 0 Å². The van der Waals surface area contributed by atoms with Gasteiger partial charge in [0.25, 0.3) is 0 Å². The van der Waals surface area contributed by atoms with Gasteiger partial charge in [0.05, 0.1) is 11.3 Å². The summed E-state index contributed by atoms with van der Waals surface area (Å²) < 4.78 is 13.2. The number of aryl methyl sites for hydroxylation is 2. The zero-order valence-corrected chi connectivity index (χ0v) is 13.9. The molecule has 0 amide bonds. The zero-order valence-electron chi connectivity index (χ0n) is 13.9. The van der Waals surface area contributed by atoms with E-state index in [2.05, 4.69) is 20.2 Å². The number of rotatable bonds is 3. The standard InChI is InChI=1S/C18H20FN5/c1-12-9-18(22-13(2)21-12)24-7-5-16(6-8-24)23-17-4-3-15(19)10-14(17)11-20/h3-4,9-10,16,23H,5-8H2,1-2H3. The molecular weight excluding hydrogens is 305 g/mol. The molecule has 1 aromatic carbocycles. The summed E-state index contributed by atoms with van der Waals surface area (Å²) in [5.74, 6) is 1.37. The van der Waals surface area contributed by atoms with Crippen LogP contribution in [0.2, 0.25) is 0 Å². The number of hydrogen-bond acceptors (Lipinski definition) is 5. The van der Waals surface area contributed by atoms with Gasteiger partial charge in [0, 0.05) is 30.9 Å². The molecule has 1 N–H and O–H groups in total. The topological polar surface area (TPSA) is 64.8 Å². The van der Waals surface area contributed by atoms with E-state index in [1.165, 1.54) is 12.1 Å². The van der Waals surface area contributed by atoms with E-state index >= 15 is 0 Å². The van der Waals surface area contributed by atoms with Crippen LogP contribution in [0.25, 0.3) is 0 Å². The van der Waals surface area contributed by atoms with Crippen molar-refractivity contribution in [2.75, 3.05) is 23.3 Å². The van der Waals surface area contributed by atoms with Crippen molar-refractivity contribution in [2.24, 2.45) is 0 Å². The summed E-state index contributed by atoms with van der Waals surface area (Å²) in [5.41, 5.74) is 2.02. The molecule has 3 rings (SSSR count). The van der Waals surface area contributed by atoms with Crippen LogP contribution in [0.15, 0.2) is 24.3 Å². The molecule has 0 unspecified atom stereocenters. The van der Waals surface area contributed by atoms with Gasteiger partial charge in [-0.15, -0.1) is 0 Å². The van der Waals surface area contributed by atoms with Gasteiger partial charge in [-0.2, -0.15) is 5.26 Å². The van der Waals surface area contributed by atoms with E-state index < -0.39 is 0 Å². The highest BCUT2D eigenvalue weighted by atomic mass is 19.1. The molecule has 1 aliphatic heterocycles. The number of nitrogens with zero attached hydrogens (tertiary/aromatic N) is 4. The van der Waals surface area contributed by atoms with E-state index in [1.54, 1.807) is 6.07 Å². The number of piperidine rings is 1. The normalized spacial score (nSPS) is 15.2. The monoisotopic (exact) mass is 325 g/mol. The maximum atomic E-state index is 13.2. The van der Waals surface area contributed by atoms with Crippen molar-refractivity contribution in [2.45, 2.75) is 32.7 Å². The first-order valence-electron chi connectivity index (χ1n) is 8.08. The molecule has 6 heteroatoms. The van der Waals surface area contributed by atoms with Crippen molar-refractivity contribution in [3.63, 3.8) is 0 Å². The molecule has 0 bridgehead atoms. The molecule has 1 aliphatic rings. The van der Waals surface area contributed by atoms with Crippen LogP contribution in [0.3, 0.4) is 0 Å². The maximum Gasteiger partial charge on any atom is 0.132 e. The second kappa shape index (κ2) is 6.83. The molecule has 0 atom stereocenters. The first-order chi connectivity index (χ1) is 11.5. The van der Waals surface area contributed by atoms with Crippen LogP contribution in [0.1, 0.15) is 29.9 Å². The first kappa shape index (κ1) is 16.2. The number of aromatic nitrogens is 2. The van der Waals surface area contributed by atoms with Crippen molar-refractivity contribution < 1.29 is 4.39 Å². The Morgan fingerprint density at radius 2 is 1.96 bits per heavy atom. The molecule has 1 aromatic heterocycles. The fourth-order valence-electron chi connectivity index (χ4n) is 3.07. The molecule has 5 nitrogen and oxygen atoms in total. The Balaban J connectivity index is 1.64. The van der Waals surface area contributed by atoms with Crippen molar-refractivity contribution in [3.05, 3.63) is 47.2 Å². The Labute approximate surface area is 141 Å². The van der Waals surface area contributed by atoms with Crippen molar-refractivity contribution in [3.8, 4) is 6.07 Å². The molecule has 124 valence electrons. The fraction of sp³-hybridized carbons (Fsp3) is 0.389. The molecular formula is C18H20FN5. The fourth-order valence-corrected chi connectivity index (χ4v) is 3.07. The summed E-state index contributed by atoms with van der Waals surface area (Å²) in [6.07, 6.45) is 1.87. The van der Waals surface area contributed by atoms with Crippen LogP contribution >= 0.6 is 0 Å². The largest absolute Gasteiger partial charge is 0.381 e. The third-order valence-electron chi connectivity index (χ3n) is 4.23. The van der Waals surface area contributed by atoms with E-state index in [4.69, 9.17) is 5.26 Å². The minimum atomic E-state index is -0.388. The predicted molar refractivity (Wildman–Crippen MR) is 91.5 cm³/mol. The molecule has 0 spiro atoms. The summed E-state index contributed by atoms with van der Waals surface area (Å²) in [7, 11) is 0. The van der Waals surface area contributed by atoms with Gasteiger partial charge >= 0.3 is 0 Å². The van der Waals surface area contributed by atoms with E-state index in [0.29, 0.717) is 11.3 Å². The van der Waals surface area contributed by atoms with E-state index in [1.807, 2.05) is 26.0 Å². The summed E-state index contributed by atoms with van der Waals surface area (Å²) in [6.45, 7) is 5.65. The third kappa shape index (κ3) is 3.62. The Kier molecular flexibility index (Phi) is 4.61. The quantitative estimate of drug-likeness (QED) is 0.939. The van der Waals surface area contributed by atoms with Gasteiger partial charge in [0.1, 0.15) is 23.5 Å². The lowest BCUT2D eigenvalue weighted by Gasteiger charge is -2.34. The minimum Gasteiger partial charge on any atom is -0.381 e. The SMILES string of the molecule is Cc1cc(N2CCC(Nc3ccc(F)cc3C#N)CC2)nc(C)n1. The van der Waals surface area contributed by atoms with Crippen LogP contribution in [-0.4, -0.2) is 29.1 Å². The summed E-state index contributed by atoms with van der Waals surface area (Å²) >= 11 is 0. The lowest BCUT2D eigenvalue weighted by atomic mass is 10.0. The molecule has 1 saturated heterocycles. The number of nitrogens with one attached hydrogen (secondary N) is 1. The molecule has 0 aliphatic carbocycles. The van der Waals surface area contributed by atoms with Gasteiger partial charge in [-0.1, -0.05) is 0 Å². The van der Waals surface area contributed by atoms with Gasteiger partial charge in [-0.3, -0.25) is 0 Å². The summed E-state index contributed by atoms with van der Waals surface area (Å²) in [5, 5.41) is 12.5. The van der Waals surface area contributed by atoms with Gasteiger partial charge in [-0.25, -0.2) is 14.4 Å². The second-order valence-electron chi connectivity index (χ2n) is 6.12. The van der Waals surface area contributed by atoms with E-state index in [0.717, 1.165) is 43.3 Å². The van der Waals surface area contributed by atoms with Crippen LogP contribution in [-0.2, 0) is 0 Å². The van der Waals surface area contributed by atoms with Crippen molar-refractivity contribution >= 4 is 11.5 Å². The van der Waals surface area contributed by atoms with Crippen LogP contribution in [0.5, 0.6) is 0 Å². The van der Waals surface area contributed by atoms with E-state index in [9.17, 15) is 4.39 Å². The van der Waals surface area contributed by atoms with Gasteiger partial charge in [-0.05, 0) is 44.9 Å². The summed E-state index contributed by atoms with van der Waals surface area (Å²) in [4.78, 5) is 11.1. The summed E-state index contributed by atoms with van der Waals surface area (Å²) in [6, 6.07) is 8.60. The van der Waals surface area contributed by atoms with Crippen molar-refractivity contribution in [1.29, 1.82) is 5.26 Å². The van der Waals surface area contributed by atoms with Gasteiger partial charge in [0.2, 0.25) is 0 Å². The Morgan fingerprint density at radius 1 is 1.21 bits per heavy atom.